The van der Waals surface area contributed by atoms with Crippen LogP contribution in [0.4, 0.5) is 0 Å². The molecule has 0 atom stereocenters. The van der Waals surface area contributed by atoms with Gasteiger partial charge < -0.3 is 10.0 Å². The number of carboxylic acids is 1. The average Bonchev–Trinajstić information content (AvgIpc) is 3.06. The normalized spacial score (nSPS) is 17.0. The average molecular weight is 323 g/mol. The van der Waals surface area contributed by atoms with Crippen LogP contribution >= 0.6 is 11.3 Å². The topological polar surface area (TPSA) is 74.7 Å². The van der Waals surface area contributed by atoms with Crippen molar-refractivity contribution in [1.29, 1.82) is 0 Å². The summed E-state index contributed by atoms with van der Waals surface area (Å²) < 4.78 is 0. The lowest BCUT2D eigenvalue weighted by Crippen LogP contribution is -2.56. The summed E-state index contributed by atoms with van der Waals surface area (Å²) in [6, 6.07) is 3.54. The van der Waals surface area contributed by atoms with E-state index in [1.54, 1.807) is 19.2 Å². The van der Waals surface area contributed by atoms with Crippen LogP contribution in [0.1, 0.15) is 54.6 Å². The molecule has 5 nitrogen and oxygen atoms in total. The van der Waals surface area contributed by atoms with Gasteiger partial charge in [-0.2, -0.15) is 0 Å². The lowest BCUT2D eigenvalue weighted by Gasteiger charge is -2.41. The van der Waals surface area contributed by atoms with E-state index in [9.17, 15) is 19.5 Å². The van der Waals surface area contributed by atoms with E-state index < -0.39 is 11.5 Å². The van der Waals surface area contributed by atoms with Crippen molar-refractivity contribution in [1.82, 2.24) is 4.90 Å². The number of amides is 1. The van der Waals surface area contributed by atoms with E-state index in [-0.39, 0.29) is 24.5 Å². The molecule has 1 aromatic heterocycles. The quantitative estimate of drug-likeness (QED) is 0.817. The fourth-order valence-electron chi connectivity index (χ4n) is 3.02. The number of ketones is 1. The van der Waals surface area contributed by atoms with Crippen molar-refractivity contribution in [2.75, 3.05) is 7.05 Å². The van der Waals surface area contributed by atoms with Crippen LogP contribution in [0.15, 0.2) is 17.5 Å². The monoisotopic (exact) mass is 323 g/mol. The molecule has 0 saturated heterocycles. The highest BCUT2D eigenvalue weighted by molar-refractivity contribution is 7.12. The summed E-state index contributed by atoms with van der Waals surface area (Å²) in [4.78, 5) is 38.0. The zero-order valence-electron chi connectivity index (χ0n) is 12.7. The molecule has 0 spiro atoms. The Hall–Kier alpha value is -1.69. The number of hydrogen-bond donors (Lipinski definition) is 1. The Kier molecular flexibility index (Phi) is 5.34. The molecule has 1 aromatic rings. The highest BCUT2D eigenvalue weighted by atomic mass is 32.1. The Morgan fingerprint density at radius 2 is 1.91 bits per heavy atom. The van der Waals surface area contributed by atoms with Crippen LogP contribution in [-0.2, 0) is 9.59 Å². The summed E-state index contributed by atoms with van der Waals surface area (Å²) in [5.74, 6) is -1.27. The SMILES string of the molecule is CN(C(=O)CCC(=O)c1cccs1)C1(C(=O)O)CCCCC1. The molecule has 0 radical (unpaired) electrons. The van der Waals surface area contributed by atoms with Crippen LogP contribution in [0.25, 0.3) is 0 Å². The number of carbonyl (C=O) groups is 3. The molecule has 1 amide bonds. The predicted octanol–water partition coefficient (Wildman–Crippen LogP) is 2.96. The second-order valence-corrected chi connectivity index (χ2v) is 6.70. The van der Waals surface area contributed by atoms with Crippen LogP contribution in [0.3, 0.4) is 0 Å². The maximum atomic E-state index is 12.3. The van der Waals surface area contributed by atoms with Gasteiger partial charge in [-0.25, -0.2) is 4.79 Å². The lowest BCUT2D eigenvalue weighted by atomic mass is 9.80. The molecule has 6 heteroatoms. The van der Waals surface area contributed by atoms with E-state index in [0.717, 1.165) is 19.3 Å². The van der Waals surface area contributed by atoms with Crippen molar-refractivity contribution in [3.63, 3.8) is 0 Å². The second-order valence-electron chi connectivity index (χ2n) is 5.75. The highest BCUT2D eigenvalue weighted by Crippen LogP contribution is 2.33. The van der Waals surface area contributed by atoms with Gasteiger partial charge in [0.1, 0.15) is 5.54 Å². The lowest BCUT2D eigenvalue weighted by molar-refractivity contribution is -0.160. The third-order valence-corrected chi connectivity index (χ3v) is 5.37. The Morgan fingerprint density at radius 1 is 1.23 bits per heavy atom. The third-order valence-electron chi connectivity index (χ3n) is 4.46. The van der Waals surface area contributed by atoms with Crippen LogP contribution in [0.5, 0.6) is 0 Å². The maximum Gasteiger partial charge on any atom is 0.329 e. The fraction of sp³-hybridized carbons (Fsp3) is 0.562. The molecule has 1 heterocycles. The molecule has 1 aliphatic rings. The van der Waals surface area contributed by atoms with E-state index in [2.05, 4.69) is 0 Å². The Bertz CT molecular complexity index is 547. The molecule has 22 heavy (non-hydrogen) atoms. The smallest absolute Gasteiger partial charge is 0.329 e. The molecular weight excluding hydrogens is 302 g/mol. The first-order valence-electron chi connectivity index (χ1n) is 7.54. The number of likely N-dealkylation sites (N-methyl/N-ethyl adjacent to an activating group) is 1. The number of carboxylic acid groups (broad SMARTS) is 1. The first kappa shape index (κ1) is 16.7. The first-order valence-corrected chi connectivity index (χ1v) is 8.42. The van der Waals surface area contributed by atoms with Crippen molar-refractivity contribution >= 4 is 29.0 Å². The standard InChI is InChI=1S/C16H21NO4S/c1-17(16(15(20)21)9-3-2-4-10-16)14(19)8-7-12(18)13-6-5-11-22-13/h5-6,11H,2-4,7-10H2,1H3,(H,20,21). The molecular formula is C16H21NO4S. The Morgan fingerprint density at radius 3 is 2.45 bits per heavy atom. The zero-order valence-corrected chi connectivity index (χ0v) is 13.5. The first-order chi connectivity index (χ1) is 10.5. The van der Waals surface area contributed by atoms with Gasteiger partial charge in [0.25, 0.3) is 0 Å². The number of carbonyl (C=O) groups excluding carboxylic acids is 2. The van der Waals surface area contributed by atoms with Crippen LogP contribution in [0, 0.1) is 0 Å². The van der Waals surface area contributed by atoms with Gasteiger partial charge in [-0.1, -0.05) is 25.3 Å². The van der Waals surface area contributed by atoms with Crippen molar-refractivity contribution in [3.8, 4) is 0 Å². The van der Waals surface area contributed by atoms with Crippen molar-refractivity contribution < 1.29 is 19.5 Å². The van der Waals surface area contributed by atoms with E-state index in [1.165, 1.54) is 16.2 Å². The molecule has 1 fully saturated rings. The number of aliphatic carboxylic acids is 1. The number of hydrogen-bond acceptors (Lipinski definition) is 4. The van der Waals surface area contributed by atoms with Gasteiger partial charge in [0.05, 0.1) is 4.88 Å². The van der Waals surface area contributed by atoms with E-state index in [4.69, 9.17) is 0 Å². The van der Waals surface area contributed by atoms with Crippen LogP contribution < -0.4 is 0 Å². The molecule has 1 aliphatic carbocycles. The minimum Gasteiger partial charge on any atom is -0.479 e. The molecule has 0 bridgehead atoms. The number of rotatable bonds is 6. The van der Waals surface area contributed by atoms with Crippen LogP contribution in [0.2, 0.25) is 0 Å². The maximum absolute atomic E-state index is 12.3. The minimum absolute atomic E-state index is 0.0578. The summed E-state index contributed by atoms with van der Waals surface area (Å²) in [6.07, 6.45) is 3.80. The Labute approximate surface area is 133 Å². The van der Waals surface area contributed by atoms with E-state index in [0.29, 0.717) is 17.7 Å². The third kappa shape index (κ3) is 3.38. The fourth-order valence-corrected chi connectivity index (χ4v) is 3.71. The van der Waals surface area contributed by atoms with Crippen molar-refractivity contribution in [2.45, 2.75) is 50.5 Å². The van der Waals surface area contributed by atoms with Gasteiger partial charge in [0, 0.05) is 19.9 Å². The molecule has 120 valence electrons. The molecule has 2 rings (SSSR count). The summed E-state index contributed by atoms with van der Waals surface area (Å²) >= 11 is 1.35. The van der Waals surface area contributed by atoms with Gasteiger partial charge in [-0.05, 0) is 24.3 Å². The summed E-state index contributed by atoms with van der Waals surface area (Å²) in [7, 11) is 1.55. The number of nitrogens with zero attached hydrogens (tertiary/aromatic N) is 1. The van der Waals surface area contributed by atoms with Crippen molar-refractivity contribution in [3.05, 3.63) is 22.4 Å². The van der Waals surface area contributed by atoms with E-state index >= 15 is 0 Å². The van der Waals surface area contributed by atoms with Crippen LogP contribution in [-0.4, -0.2) is 40.3 Å². The van der Waals surface area contributed by atoms with E-state index in [1.807, 2.05) is 5.38 Å². The van der Waals surface area contributed by atoms with Gasteiger partial charge in [-0.15, -0.1) is 11.3 Å². The predicted molar refractivity (Wildman–Crippen MR) is 84.1 cm³/mol. The number of Topliss-reactive ketones (excluding diaryl/α,β-unsaturated/α-hetero) is 1. The van der Waals surface area contributed by atoms with Gasteiger partial charge in [0.2, 0.25) is 5.91 Å². The van der Waals surface area contributed by atoms with Gasteiger partial charge in [0.15, 0.2) is 5.78 Å². The molecule has 0 aromatic carbocycles. The summed E-state index contributed by atoms with van der Waals surface area (Å²) in [6.45, 7) is 0. The largest absolute Gasteiger partial charge is 0.479 e. The molecule has 0 unspecified atom stereocenters. The molecule has 1 N–H and O–H groups in total. The van der Waals surface area contributed by atoms with Gasteiger partial charge in [-0.3, -0.25) is 9.59 Å². The second kappa shape index (κ2) is 7.05. The van der Waals surface area contributed by atoms with Crippen molar-refractivity contribution in [2.24, 2.45) is 0 Å². The van der Waals surface area contributed by atoms with Gasteiger partial charge >= 0.3 is 5.97 Å². The summed E-state index contributed by atoms with van der Waals surface area (Å²) in [5.41, 5.74) is -1.10. The minimum atomic E-state index is -1.10. The molecule has 0 aliphatic heterocycles. The summed E-state index contributed by atoms with van der Waals surface area (Å²) in [5, 5.41) is 11.4. The Balaban J connectivity index is 1.98. The zero-order chi connectivity index (χ0) is 16.2. The molecule has 1 saturated carbocycles. The highest BCUT2D eigenvalue weighted by Gasteiger charge is 2.45. The number of thiophene rings is 1.